The van der Waals surface area contributed by atoms with Gasteiger partial charge in [0.05, 0.1) is 4.92 Å². The molecule has 2 rings (SSSR count). The van der Waals surface area contributed by atoms with Crippen molar-refractivity contribution in [1.82, 2.24) is 9.80 Å². The maximum atomic E-state index is 10.6. The molecule has 1 aromatic rings. The predicted octanol–water partition coefficient (Wildman–Crippen LogP) is 2.43. The van der Waals surface area contributed by atoms with Crippen LogP contribution in [0.4, 0.5) is 5.00 Å². The quantitative estimate of drug-likeness (QED) is 0.615. The Balaban J connectivity index is 1.80. The Hall–Kier alpha value is -0.980. The van der Waals surface area contributed by atoms with Gasteiger partial charge in [0.1, 0.15) is 0 Å². The van der Waals surface area contributed by atoms with Gasteiger partial charge in [0.15, 0.2) is 0 Å². The van der Waals surface area contributed by atoms with E-state index in [4.69, 9.17) is 0 Å². The standard InChI is InChI=1S/C13H21N3O2S/c1-14(2)8-11-3-5-15(6-4-11)9-12-7-13(16(17)18)19-10-12/h7,10-11H,3-6,8-9H2,1-2H3. The first-order chi connectivity index (χ1) is 9.04. The van der Waals surface area contributed by atoms with Crippen LogP contribution in [0.2, 0.25) is 0 Å². The van der Waals surface area contributed by atoms with Crippen molar-refractivity contribution < 1.29 is 4.92 Å². The highest BCUT2D eigenvalue weighted by molar-refractivity contribution is 7.13. The van der Waals surface area contributed by atoms with E-state index in [2.05, 4.69) is 23.9 Å². The summed E-state index contributed by atoms with van der Waals surface area (Å²) >= 11 is 1.22. The number of likely N-dealkylation sites (tertiary alicyclic amines) is 1. The van der Waals surface area contributed by atoms with Crippen molar-refractivity contribution in [2.24, 2.45) is 5.92 Å². The van der Waals surface area contributed by atoms with E-state index in [1.165, 1.54) is 24.2 Å². The Morgan fingerprint density at radius 3 is 2.68 bits per heavy atom. The molecule has 1 fully saturated rings. The molecule has 1 aliphatic heterocycles. The van der Waals surface area contributed by atoms with Crippen LogP contribution in [0, 0.1) is 16.0 Å². The number of nitrogens with zero attached hydrogens (tertiary/aromatic N) is 3. The summed E-state index contributed by atoms with van der Waals surface area (Å²) in [5.41, 5.74) is 1.07. The summed E-state index contributed by atoms with van der Waals surface area (Å²) in [6, 6.07) is 1.70. The average Bonchev–Trinajstić information content (AvgIpc) is 2.80. The van der Waals surface area contributed by atoms with Crippen LogP contribution in [0.1, 0.15) is 18.4 Å². The molecule has 19 heavy (non-hydrogen) atoms. The highest BCUT2D eigenvalue weighted by Crippen LogP contribution is 2.25. The molecule has 0 saturated carbocycles. The van der Waals surface area contributed by atoms with Crippen LogP contribution in [0.5, 0.6) is 0 Å². The molecule has 5 nitrogen and oxygen atoms in total. The van der Waals surface area contributed by atoms with Crippen molar-refractivity contribution in [3.63, 3.8) is 0 Å². The summed E-state index contributed by atoms with van der Waals surface area (Å²) in [5.74, 6) is 0.795. The van der Waals surface area contributed by atoms with Crippen molar-refractivity contribution in [2.75, 3.05) is 33.7 Å². The van der Waals surface area contributed by atoms with Gasteiger partial charge in [-0.25, -0.2) is 0 Å². The Kier molecular flexibility index (Phi) is 4.90. The van der Waals surface area contributed by atoms with Crippen LogP contribution in [-0.4, -0.2) is 48.5 Å². The summed E-state index contributed by atoms with van der Waals surface area (Å²) in [6.45, 7) is 4.21. The summed E-state index contributed by atoms with van der Waals surface area (Å²) in [5, 5.41) is 12.8. The second-order valence-corrected chi connectivity index (χ2v) is 6.42. The van der Waals surface area contributed by atoms with Gasteiger partial charge in [-0.2, -0.15) is 0 Å². The maximum Gasteiger partial charge on any atom is 0.324 e. The number of piperidine rings is 1. The van der Waals surface area contributed by atoms with Gasteiger partial charge in [-0.1, -0.05) is 11.3 Å². The minimum atomic E-state index is -0.308. The molecule has 2 heterocycles. The van der Waals surface area contributed by atoms with Crippen molar-refractivity contribution in [1.29, 1.82) is 0 Å². The summed E-state index contributed by atoms with van der Waals surface area (Å²) in [4.78, 5) is 15.0. The minimum Gasteiger partial charge on any atom is -0.309 e. The molecule has 106 valence electrons. The van der Waals surface area contributed by atoms with Gasteiger partial charge in [0, 0.05) is 24.5 Å². The molecule has 0 unspecified atom stereocenters. The Morgan fingerprint density at radius 1 is 1.47 bits per heavy atom. The Labute approximate surface area is 118 Å². The third-order valence-corrected chi connectivity index (χ3v) is 4.49. The van der Waals surface area contributed by atoms with E-state index in [-0.39, 0.29) is 9.92 Å². The second kappa shape index (κ2) is 6.45. The highest BCUT2D eigenvalue weighted by Gasteiger charge is 2.20. The first-order valence-corrected chi connectivity index (χ1v) is 7.51. The van der Waals surface area contributed by atoms with E-state index in [1.807, 2.05) is 5.38 Å². The van der Waals surface area contributed by atoms with Gasteiger partial charge in [-0.15, -0.1) is 0 Å². The van der Waals surface area contributed by atoms with Gasteiger partial charge >= 0.3 is 5.00 Å². The van der Waals surface area contributed by atoms with Gasteiger partial charge in [0.2, 0.25) is 0 Å². The number of hydrogen-bond acceptors (Lipinski definition) is 5. The molecule has 0 aromatic carbocycles. The van der Waals surface area contributed by atoms with Crippen molar-refractivity contribution in [2.45, 2.75) is 19.4 Å². The topological polar surface area (TPSA) is 49.6 Å². The van der Waals surface area contributed by atoms with E-state index in [9.17, 15) is 10.1 Å². The van der Waals surface area contributed by atoms with E-state index in [1.54, 1.807) is 6.07 Å². The molecule has 1 saturated heterocycles. The average molecular weight is 283 g/mol. The van der Waals surface area contributed by atoms with Gasteiger partial charge < -0.3 is 4.90 Å². The summed E-state index contributed by atoms with van der Waals surface area (Å²) in [7, 11) is 4.24. The first-order valence-electron chi connectivity index (χ1n) is 6.63. The number of hydrogen-bond donors (Lipinski definition) is 0. The molecule has 1 aliphatic rings. The molecule has 0 spiro atoms. The monoisotopic (exact) mass is 283 g/mol. The molecule has 0 aliphatic carbocycles. The maximum absolute atomic E-state index is 10.6. The van der Waals surface area contributed by atoms with Gasteiger partial charge in [-0.3, -0.25) is 15.0 Å². The SMILES string of the molecule is CN(C)CC1CCN(Cc2csc([N+](=O)[O-])c2)CC1. The normalized spacial score (nSPS) is 18.1. The van der Waals surface area contributed by atoms with Crippen LogP contribution < -0.4 is 0 Å². The van der Waals surface area contributed by atoms with Crippen LogP contribution >= 0.6 is 11.3 Å². The smallest absolute Gasteiger partial charge is 0.309 e. The molecule has 6 heteroatoms. The Bertz CT molecular complexity index is 425. The summed E-state index contributed by atoms with van der Waals surface area (Å²) < 4.78 is 0. The predicted molar refractivity (Wildman–Crippen MR) is 77.5 cm³/mol. The van der Waals surface area contributed by atoms with Gasteiger partial charge in [0.25, 0.3) is 0 Å². The molecule has 0 amide bonds. The van der Waals surface area contributed by atoms with E-state index < -0.39 is 0 Å². The molecule has 0 radical (unpaired) electrons. The fourth-order valence-electron chi connectivity index (χ4n) is 2.64. The lowest BCUT2D eigenvalue weighted by atomic mass is 9.96. The lowest BCUT2D eigenvalue weighted by molar-refractivity contribution is -0.380. The summed E-state index contributed by atoms with van der Waals surface area (Å²) in [6.07, 6.45) is 2.45. The van der Waals surface area contributed by atoms with E-state index in [0.29, 0.717) is 0 Å². The first kappa shape index (κ1) is 14.4. The number of nitro groups is 1. The number of rotatable bonds is 5. The largest absolute Gasteiger partial charge is 0.324 e. The minimum absolute atomic E-state index is 0.248. The van der Waals surface area contributed by atoms with Crippen LogP contribution in [-0.2, 0) is 6.54 Å². The third kappa shape index (κ3) is 4.26. The van der Waals surface area contributed by atoms with E-state index in [0.717, 1.165) is 37.7 Å². The molecular weight excluding hydrogens is 262 g/mol. The van der Waals surface area contributed by atoms with Crippen LogP contribution in [0.25, 0.3) is 0 Å². The van der Waals surface area contributed by atoms with Crippen molar-refractivity contribution in [3.05, 3.63) is 27.1 Å². The van der Waals surface area contributed by atoms with Crippen molar-refractivity contribution in [3.8, 4) is 0 Å². The van der Waals surface area contributed by atoms with Crippen LogP contribution in [0.15, 0.2) is 11.4 Å². The Morgan fingerprint density at radius 2 is 2.16 bits per heavy atom. The zero-order valence-electron chi connectivity index (χ0n) is 11.5. The molecule has 1 aromatic heterocycles. The van der Waals surface area contributed by atoms with Crippen molar-refractivity contribution >= 4 is 16.3 Å². The lowest BCUT2D eigenvalue weighted by Gasteiger charge is -2.32. The van der Waals surface area contributed by atoms with Crippen LogP contribution in [0.3, 0.4) is 0 Å². The second-order valence-electron chi connectivity index (χ2n) is 5.53. The zero-order chi connectivity index (χ0) is 13.8. The third-order valence-electron chi connectivity index (χ3n) is 3.56. The molecular formula is C13H21N3O2S. The van der Waals surface area contributed by atoms with Gasteiger partial charge in [-0.05, 0) is 51.5 Å². The fourth-order valence-corrected chi connectivity index (χ4v) is 3.36. The highest BCUT2D eigenvalue weighted by atomic mass is 32.1. The molecule has 0 atom stereocenters. The number of thiophene rings is 1. The molecule has 0 N–H and O–H groups in total. The zero-order valence-corrected chi connectivity index (χ0v) is 12.4. The lowest BCUT2D eigenvalue weighted by Crippen LogP contribution is -2.36. The molecule has 0 bridgehead atoms. The fraction of sp³-hybridized carbons (Fsp3) is 0.692. The van der Waals surface area contributed by atoms with E-state index >= 15 is 0 Å².